The van der Waals surface area contributed by atoms with Crippen LogP contribution in [0.5, 0.6) is 0 Å². The molecule has 0 spiro atoms. The third-order valence-electron chi connectivity index (χ3n) is 4.85. The number of hydrogen-bond donors (Lipinski definition) is 2. The van der Waals surface area contributed by atoms with E-state index < -0.39 is 11.6 Å². The van der Waals surface area contributed by atoms with Crippen LogP contribution >= 0.6 is 0 Å². The molecule has 0 saturated carbocycles. The highest BCUT2D eigenvalue weighted by molar-refractivity contribution is 6.09. The molecule has 0 aromatic heterocycles. The lowest BCUT2D eigenvalue weighted by Gasteiger charge is -2.23. The molecule has 1 heterocycles. The van der Waals surface area contributed by atoms with Gasteiger partial charge in [0.1, 0.15) is 0 Å². The van der Waals surface area contributed by atoms with Crippen LogP contribution in [0.15, 0.2) is 54.6 Å². The molecule has 0 fully saturated rings. The van der Waals surface area contributed by atoms with Crippen molar-refractivity contribution in [3.63, 3.8) is 0 Å². The minimum absolute atomic E-state index is 0.180. The van der Waals surface area contributed by atoms with Crippen molar-refractivity contribution in [1.82, 2.24) is 0 Å². The van der Waals surface area contributed by atoms with Gasteiger partial charge in [0.2, 0.25) is 0 Å². The van der Waals surface area contributed by atoms with E-state index in [1.807, 2.05) is 36.4 Å². The van der Waals surface area contributed by atoms with Crippen molar-refractivity contribution in [1.29, 1.82) is 0 Å². The molecule has 2 aromatic carbocycles. The van der Waals surface area contributed by atoms with E-state index in [-0.39, 0.29) is 12.3 Å². The average Bonchev–Trinajstić information content (AvgIpc) is 2.88. The van der Waals surface area contributed by atoms with Crippen LogP contribution in [0.4, 0.5) is 5.69 Å². The molecule has 3 rings (SSSR count). The zero-order chi connectivity index (χ0) is 18.6. The number of carbonyl (C=O) groups is 2. The minimum atomic E-state index is -1.65. The first-order chi connectivity index (χ1) is 12.5. The lowest BCUT2D eigenvalue weighted by atomic mass is 9.88. The molecule has 5 heteroatoms. The summed E-state index contributed by atoms with van der Waals surface area (Å²) in [5, 5.41) is 20.0. The summed E-state index contributed by atoms with van der Waals surface area (Å²) in [4.78, 5) is 25.3. The molecule has 136 valence electrons. The zero-order valence-corrected chi connectivity index (χ0v) is 14.6. The number of anilines is 1. The Kier molecular flexibility index (Phi) is 5.38. The van der Waals surface area contributed by atoms with Gasteiger partial charge >= 0.3 is 5.97 Å². The van der Waals surface area contributed by atoms with Gasteiger partial charge in [-0.25, -0.2) is 0 Å². The van der Waals surface area contributed by atoms with E-state index in [2.05, 4.69) is 0 Å². The van der Waals surface area contributed by atoms with Crippen molar-refractivity contribution in [2.75, 3.05) is 11.4 Å². The summed E-state index contributed by atoms with van der Waals surface area (Å²) >= 11 is 0. The fraction of sp³-hybridized carbons (Fsp3) is 0.333. The summed E-state index contributed by atoms with van der Waals surface area (Å²) in [6.07, 6.45) is 3.26. The van der Waals surface area contributed by atoms with Crippen LogP contribution in [0.3, 0.4) is 0 Å². The van der Waals surface area contributed by atoms with E-state index in [1.54, 1.807) is 23.1 Å². The minimum Gasteiger partial charge on any atom is -0.481 e. The van der Waals surface area contributed by atoms with Crippen molar-refractivity contribution < 1.29 is 19.8 Å². The number of nitrogens with zero attached hydrogens (tertiary/aromatic N) is 1. The Morgan fingerprint density at radius 2 is 1.58 bits per heavy atom. The summed E-state index contributed by atoms with van der Waals surface area (Å²) < 4.78 is 0. The smallest absolute Gasteiger partial charge is 0.303 e. The van der Waals surface area contributed by atoms with E-state index in [0.717, 1.165) is 24.9 Å². The quantitative estimate of drug-likeness (QED) is 0.714. The molecular weight excluding hydrogens is 330 g/mol. The van der Waals surface area contributed by atoms with Crippen LogP contribution in [-0.4, -0.2) is 28.6 Å². The monoisotopic (exact) mass is 353 g/mol. The SMILES string of the molecule is O=C(O)CCCCCCN1C(=O)C(O)(c2ccccc2)c2ccccc21. The number of carboxylic acids is 1. The molecule has 2 N–H and O–H groups in total. The third-order valence-corrected chi connectivity index (χ3v) is 4.85. The van der Waals surface area contributed by atoms with Gasteiger partial charge < -0.3 is 15.1 Å². The summed E-state index contributed by atoms with van der Waals surface area (Å²) in [7, 11) is 0. The lowest BCUT2D eigenvalue weighted by molar-refractivity contribution is -0.137. The fourth-order valence-corrected chi connectivity index (χ4v) is 3.51. The number of fused-ring (bicyclic) bond motifs is 1. The van der Waals surface area contributed by atoms with Gasteiger partial charge in [-0.3, -0.25) is 9.59 Å². The number of amides is 1. The molecule has 1 atom stereocenters. The van der Waals surface area contributed by atoms with Gasteiger partial charge in [-0.15, -0.1) is 0 Å². The lowest BCUT2D eigenvalue weighted by Crippen LogP contribution is -2.41. The number of carbonyl (C=O) groups excluding carboxylic acids is 1. The summed E-state index contributed by atoms with van der Waals surface area (Å²) in [6.45, 7) is 0.512. The molecule has 1 aliphatic heterocycles. The topological polar surface area (TPSA) is 77.8 Å². The van der Waals surface area contributed by atoms with Crippen LogP contribution in [0.25, 0.3) is 0 Å². The molecule has 1 aliphatic rings. The van der Waals surface area contributed by atoms with Gasteiger partial charge in [0.15, 0.2) is 5.60 Å². The van der Waals surface area contributed by atoms with Gasteiger partial charge in [0.05, 0.1) is 5.69 Å². The molecule has 1 amide bonds. The fourth-order valence-electron chi connectivity index (χ4n) is 3.51. The molecule has 5 nitrogen and oxygen atoms in total. The van der Waals surface area contributed by atoms with Crippen molar-refractivity contribution in [3.8, 4) is 0 Å². The van der Waals surface area contributed by atoms with Crippen LogP contribution in [0.1, 0.15) is 43.2 Å². The molecule has 0 bridgehead atoms. The molecule has 2 aromatic rings. The third kappa shape index (κ3) is 3.35. The molecule has 26 heavy (non-hydrogen) atoms. The second-order valence-corrected chi connectivity index (χ2v) is 6.61. The van der Waals surface area contributed by atoms with Gasteiger partial charge in [-0.05, 0) is 24.5 Å². The van der Waals surface area contributed by atoms with Crippen molar-refractivity contribution in [3.05, 3.63) is 65.7 Å². The zero-order valence-electron chi connectivity index (χ0n) is 14.6. The molecular formula is C21H23NO4. The van der Waals surface area contributed by atoms with E-state index in [1.165, 1.54) is 0 Å². The second-order valence-electron chi connectivity index (χ2n) is 6.61. The maximum atomic E-state index is 13.1. The Hall–Kier alpha value is -2.66. The van der Waals surface area contributed by atoms with Gasteiger partial charge in [-0.1, -0.05) is 61.4 Å². The van der Waals surface area contributed by atoms with Crippen molar-refractivity contribution >= 4 is 17.6 Å². The number of unbranched alkanes of at least 4 members (excludes halogenated alkanes) is 3. The molecule has 0 saturated heterocycles. The maximum Gasteiger partial charge on any atom is 0.303 e. The Morgan fingerprint density at radius 1 is 0.923 bits per heavy atom. The van der Waals surface area contributed by atoms with E-state index >= 15 is 0 Å². The predicted molar refractivity (Wildman–Crippen MR) is 99.0 cm³/mol. The highest BCUT2D eigenvalue weighted by atomic mass is 16.4. The number of aliphatic carboxylic acids is 1. The van der Waals surface area contributed by atoms with Crippen molar-refractivity contribution in [2.45, 2.75) is 37.7 Å². The van der Waals surface area contributed by atoms with Crippen LogP contribution in [-0.2, 0) is 15.2 Å². The number of carboxylic acid groups (broad SMARTS) is 1. The Labute approximate surface area is 152 Å². The number of rotatable bonds is 8. The largest absolute Gasteiger partial charge is 0.481 e. The maximum absolute atomic E-state index is 13.1. The summed E-state index contributed by atoms with van der Waals surface area (Å²) in [5.41, 5.74) is 0.277. The van der Waals surface area contributed by atoms with Gasteiger partial charge in [-0.2, -0.15) is 0 Å². The molecule has 1 unspecified atom stereocenters. The summed E-state index contributed by atoms with van der Waals surface area (Å²) in [6, 6.07) is 16.4. The second kappa shape index (κ2) is 7.70. The van der Waals surface area contributed by atoms with Gasteiger partial charge in [0.25, 0.3) is 5.91 Å². The first kappa shape index (κ1) is 18.1. The highest BCUT2D eigenvalue weighted by Crippen LogP contribution is 2.44. The number of benzene rings is 2. The van der Waals surface area contributed by atoms with E-state index in [4.69, 9.17) is 5.11 Å². The summed E-state index contributed by atoms with van der Waals surface area (Å²) in [5.74, 6) is -1.10. The van der Waals surface area contributed by atoms with E-state index in [0.29, 0.717) is 24.1 Å². The average molecular weight is 353 g/mol. The van der Waals surface area contributed by atoms with Crippen LogP contribution in [0, 0.1) is 0 Å². The Balaban J connectivity index is 1.74. The normalized spacial score (nSPS) is 18.8. The highest BCUT2D eigenvalue weighted by Gasteiger charge is 2.50. The molecule has 0 radical (unpaired) electrons. The van der Waals surface area contributed by atoms with Crippen LogP contribution in [0.2, 0.25) is 0 Å². The number of para-hydroxylation sites is 1. The van der Waals surface area contributed by atoms with Crippen molar-refractivity contribution in [2.24, 2.45) is 0 Å². The first-order valence-corrected chi connectivity index (χ1v) is 8.96. The standard InChI is InChI=1S/C21H23NO4/c23-19(24)14-6-1-2-9-15-22-18-13-8-7-12-17(18)21(26,20(22)25)16-10-4-3-5-11-16/h3-5,7-8,10-13,26H,1-2,6,9,14-15H2,(H,23,24). The molecule has 0 aliphatic carbocycles. The van der Waals surface area contributed by atoms with Gasteiger partial charge in [0, 0.05) is 18.5 Å². The van der Waals surface area contributed by atoms with E-state index in [9.17, 15) is 14.7 Å². The number of hydrogen-bond acceptors (Lipinski definition) is 3. The Morgan fingerprint density at radius 3 is 2.31 bits per heavy atom. The predicted octanol–water partition coefficient (Wildman–Crippen LogP) is 3.30. The van der Waals surface area contributed by atoms with Crippen LogP contribution < -0.4 is 4.90 Å². The Bertz CT molecular complexity index is 790. The first-order valence-electron chi connectivity index (χ1n) is 8.96. The number of aliphatic hydroxyl groups is 1.